The number of rotatable bonds is 4. The molecule has 0 bridgehead atoms. The Labute approximate surface area is 142 Å². The largest absolute Gasteiger partial charge is 0.457 e. The average molecular weight is 326 g/mol. The lowest BCUT2D eigenvalue weighted by Gasteiger charge is -2.31. The highest BCUT2D eigenvalue weighted by Crippen LogP contribution is 2.24. The van der Waals surface area contributed by atoms with Gasteiger partial charge in [0.15, 0.2) is 0 Å². The zero-order valence-corrected chi connectivity index (χ0v) is 13.8. The van der Waals surface area contributed by atoms with E-state index in [1.807, 2.05) is 61.6 Å². The fourth-order valence-corrected chi connectivity index (χ4v) is 2.71. The summed E-state index contributed by atoms with van der Waals surface area (Å²) in [4.78, 5) is 14.2. The molecule has 0 radical (unpaired) electrons. The molecule has 126 valence electrons. The number of amides is 2. The number of nitrogens with zero attached hydrogens (tertiary/aromatic N) is 1. The van der Waals surface area contributed by atoms with Gasteiger partial charge >= 0.3 is 6.03 Å². The van der Waals surface area contributed by atoms with E-state index in [-0.39, 0.29) is 12.1 Å². The first-order chi connectivity index (χ1) is 11.7. The van der Waals surface area contributed by atoms with E-state index in [4.69, 9.17) is 9.47 Å². The van der Waals surface area contributed by atoms with Crippen molar-refractivity contribution >= 4 is 11.7 Å². The molecule has 5 heteroatoms. The molecule has 2 aromatic carbocycles. The molecule has 0 atom stereocenters. The van der Waals surface area contributed by atoms with Gasteiger partial charge in [-0.15, -0.1) is 0 Å². The molecule has 1 aliphatic heterocycles. The summed E-state index contributed by atoms with van der Waals surface area (Å²) in [5.74, 6) is 1.45. The molecule has 24 heavy (non-hydrogen) atoms. The summed E-state index contributed by atoms with van der Waals surface area (Å²) in [5, 5.41) is 2.93. The van der Waals surface area contributed by atoms with E-state index in [0.29, 0.717) is 24.7 Å². The lowest BCUT2D eigenvalue weighted by molar-refractivity contribution is 0.0544. The van der Waals surface area contributed by atoms with Crippen molar-refractivity contribution in [3.63, 3.8) is 0 Å². The normalized spacial score (nSPS) is 14.9. The number of hydrogen-bond donors (Lipinski definition) is 1. The lowest BCUT2D eigenvalue weighted by atomic mass is 10.1. The van der Waals surface area contributed by atoms with Gasteiger partial charge in [-0.2, -0.15) is 0 Å². The predicted molar refractivity (Wildman–Crippen MR) is 93.6 cm³/mol. The molecule has 1 saturated heterocycles. The van der Waals surface area contributed by atoms with Crippen LogP contribution in [0.2, 0.25) is 0 Å². The summed E-state index contributed by atoms with van der Waals surface area (Å²) < 4.78 is 11.1. The molecule has 0 unspecified atom stereocenters. The SMILES string of the molecule is CN(C(=O)Nc1cccc(Oc2ccccc2)c1)C1CCOCC1. The molecule has 5 nitrogen and oxygen atoms in total. The maximum absolute atomic E-state index is 12.4. The average Bonchev–Trinajstić information content (AvgIpc) is 2.63. The van der Waals surface area contributed by atoms with Crippen molar-refractivity contribution in [2.24, 2.45) is 0 Å². The quantitative estimate of drug-likeness (QED) is 0.919. The number of carbonyl (C=O) groups excluding carboxylic acids is 1. The Bertz CT molecular complexity index is 669. The van der Waals surface area contributed by atoms with Crippen LogP contribution >= 0.6 is 0 Å². The summed E-state index contributed by atoms with van der Waals surface area (Å²) >= 11 is 0. The summed E-state index contributed by atoms with van der Waals surface area (Å²) in [6.07, 6.45) is 1.75. The minimum atomic E-state index is -0.112. The van der Waals surface area contributed by atoms with E-state index in [9.17, 15) is 4.79 Å². The van der Waals surface area contributed by atoms with Crippen molar-refractivity contribution in [1.29, 1.82) is 0 Å². The number of nitrogens with one attached hydrogen (secondary N) is 1. The third-order valence-corrected chi connectivity index (χ3v) is 4.12. The number of hydrogen-bond acceptors (Lipinski definition) is 3. The Kier molecular flexibility index (Phi) is 5.33. The van der Waals surface area contributed by atoms with Crippen molar-refractivity contribution in [3.8, 4) is 11.5 Å². The number of benzene rings is 2. The zero-order valence-electron chi connectivity index (χ0n) is 13.8. The van der Waals surface area contributed by atoms with E-state index in [1.165, 1.54) is 0 Å². The fourth-order valence-electron chi connectivity index (χ4n) is 2.71. The smallest absolute Gasteiger partial charge is 0.321 e. The van der Waals surface area contributed by atoms with Crippen molar-refractivity contribution in [2.75, 3.05) is 25.6 Å². The van der Waals surface area contributed by atoms with Gasteiger partial charge in [-0.05, 0) is 37.1 Å². The molecule has 0 saturated carbocycles. The summed E-state index contributed by atoms with van der Waals surface area (Å²) in [7, 11) is 1.83. The van der Waals surface area contributed by atoms with Crippen molar-refractivity contribution in [3.05, 3.63) is 54.6 Å². The van der Waals surface area contributed by atoms with Crippen LogP contribution < -0.4 is 10.1 Å². The highest BCUT2D eigenvalue weighted by Gasteiger charge is 2.22. The van der Waals surface area contributed by atoms with Crippen LogP contribution in [0.25, 0.3) is 0 Å². The monoisotopic (exact) mass is 326 g/mol. The molecule has 1 N–H and O–H groups in total. The maximum atomic E-state index is 12.4. The second kappa shape index (κ2) is 7.84. The standard InChI is InChI=1S/C19H22N2O3/c1-21(16-10-12-23-13-11-16)19(22)20-15-6-5-9-18(14-15)24-17-7-3-2-4-8-17/h2-9,14,16H,10-13H2,1H3,(H,20,22). The molecule has 0 spiro atoms. The highest BCUT2D eigenvalue weighted by atomic mass is 16.5. The second-order valence-corrected chi connectivity index (χ2v) is 5.83. The van der Waals surface area contributed by atoms with Crippen molar-refractivity contribution in [2.45, 2.75) is 18.9 Å². The summed E-state index contributed by atoms with van der Waals surface area (Å²) in [6, 6.07) is 17.1. The maximum Gasteiger partial charge on any atom is 0.321 e. The minimum Gasteiger partial charge on any atom is -0.457 e. The Morgan fingerprint density at radius 1 is 1.08 bits per heavy atom. The molecule has 3 rings (SSSR count). The number of ether oxygens (including phenoxy) is 2. The molecule has 1 heterocycles. The Balaban J connectivity index is 1.62. The van der Waals surface area contributed by atoms with Crippen LogP contribution in [0.4, 0.5) is 10.5 Å². The van der Waals surface area contributed by atoms with Crippen LogP contribution in [-0.4, -0.2) is 37.2 Å². The number of para-hydroxylation sites is 1. The third-order valence-electron chi connectivity index (χ3n) is 4.12. The Morgan fingerprint density at radius 2 is 1.79 bits per heavy atom. The van der Waals surface area contributed by atoms with Crippen molar-refractivity contribution in [1.82, 2.24) is 4.90 Å². The van der Waals surface area contributed by atoms with E-state index < -0.39 is 0 Å². The number of anilines is 1. The molecule has 1 aliphatic rings. The fraction of sp³-hybridized carbons (Fsp3) is 0.316. The Hall–Kier alpha value is -2.53. The van der Waals surface area contributed by atoms with E-state index in [1.54, 1.807) is 4.90 Å². The van der Waals surface area contributed by atoms with Gasteiger partial charge in [0.2, 0.25) is 0 Å². The summed E-state index contributed by atoms with van der Waals surface area (Å²) in [5.41, 5.74) is 0.715. The van der Waals surface area contributed by atoms with Crippen LogP contribution in [0, 0.1) is 0 Å². The third kappa shape index (κ3) is 4.26. The van der Waals surface area contributed by atoms with Crippen LogP contribution in [0.1, 0.15) is 12.8 Å². The topological polar surface area (TPSA) is 50.8 Å². The number of carbonyl (C=O) groups is 1. The molecular formula is C19H22N2O3. The van der Waals surface area contributed by atoms with Gasteiger partial charge in [0.25, 0.3) is 0 Å². The first-order valence-electron chi connectivity index (χ1n) is 8.17. The van der Waals surface area contributed by atoms with Crippen molar-refractivity contribution < 1.29 is 14.3 Å². The van der Waals surface area contributed by atoms with Crippen LogP contribution in [-0.2, 0) is 4.74 Å². The first-order valence-corrected chi connectivity index (χ1v) is 8.17. The molecule has 2 aromatic rings. The Morgan fingerprint density at radius 3 is 2.54 bits per heavy atom. The van der Waals surface area contributed by atoms with Gasteiger partial charge in [-0.25, -0.2) is 4.79 Å². The predicted octanol–water partition coefficient (Wildman–Crippen LogP) is 4.12. The molecule has 2 amide bonds. The van der Waals surface area contributed by atoms with Gasteiger partial charge in [-0.3, -0.25) is 0 Å². The van der Waals surface area contributed by atoms with Gasteiger partial charge in [-0.1, -0.05) is 24.3 Å². The van der Waals surface area contributed by atoms with Gasteiger partial charge in [0.05, 0.1) is 0 Å². The van der Waals surface area contributed by atoms with Crippen LogP contribution in [0.5, 0.6) is 11.5 Å². The molecular weight excluding hydrogens is 304 g/mol. The summed E-state index contributed by atoms with van der Waals surface area (Å²) in [6.45, 7) is 1.42. The lowest BCUT2D eigenvalue weighted by Crippen LogP contribution is -2.42. The molecule has 0 aliphatic carbocycles. The van der Waals surface area contributed by atoms with E-state index in [2.05, 4.69) is 5.32 Å². The number of urea groups is 1. The zero-order chi connectivity index (χ0) is 16.8. The second-order valence-electron chi connectivity index (χ2n) is 5.83. The molecule has 1 fully saturated rings. The van der Waals surface area contributed by atoms with Gasteiger partial charge in [0.1, 0.15) is 11.5 Å². The van der Waals surface area contributed by atoms with Crippen LogP contribution in [0.3, 0.4) is 0 Å². The molecule has 0 aromatic heterocycles. The van der Waals surface area contributed by atoms with Gasteiger partial charge in [0, 0.05) is 38.1 Å². The first kappa shape index (κ1) is 16.3. The minimum absolute atomic E-state index is 0.112. The van der Waals surface area contributed by atoms with Crippen LogP contribution in [0.15, 0.2) is 54.6 Å². The van der Waals surface area contributed by atoms with E-state index in [0.717, 1.165) is 18.6 Å². The van der Waals surface area contributed by atoms with E-state index >= 15 is 0 Å². The highest BCUT2D eigenvalue weighted by molar-refractivity contribution is 5.89. The van der Waals surface area contributed by atoms with Gasteiger partial charge < -0.3 is 19.7 Å².